The molecule has 0 bridgehead atoms. The van der Waals surface area contributed by atoms with E-state index in [1.807, 2.05) is 18.9 Å². The van der Waals surface area contributed by atoms with Crippen LogP contribution in [0.4, 0.5) is 0 Å². The maximum Gasteiger partial charge on any atom is 0.222 e. The molecule has 0 aromatic rings. The lowest BCUT2D eigenvalue weighted by molar-refractivity contribution is -0.135. The highest BCUT2D eigenvalue weighted by molar-refractivity contribution is 5.76. The lowest BCUT2D eigenvalue weighted by Crippen LogP contribution is -2.43. The van der Waals surface area contributed by atoms with E-state index >= 15 is 0 Å². The maximum atomic E-state index is 11.9. The van der Waals surface area contributed by atoms with Gasteiger partial charge in [-0.3, -0.25) is 4.79 Å². The van der Waals surface area contributed by atoms with Crippen LogP contribution in [0.2, 0.25) is 0 Å². The SMILES string of the molecule is CCOC1CCCN(C(=O)CCCNC)C1. The van der Waals surface area contributed by atoms with Gasteiger partial charge in [-0.1, -0.05) is 0 Å². The number of piperidine rings is 1. The minimum Gasteiger partial charge on any atom is -0.377 e. The summed E-state index contributed by atoms with van der Waals surface area (Å²) in [4.78, 5) is 13.8. The van der Waals surface area contributed by atoms with Gasteiger partial charge in [-0.25, -0.2) is 0 Å². The lowest BCUT2D eigenvalue weighted by atomic mass is 10.1. The molecule has 1 aliphatic rings. The van der Waals surface area contributed by atoms with E-state index in [1.165, 1.54) is 0 Å². The topological polar surface area (TPSA) is 41.6 Å². The van der Waals surface area contributed by atoms with Crippen LogP contribution in [0.15, 0.2) is 0 Å². The third-order valence-corrected chi connectivity index (χ3v) is 2.95. The Morgan fingerprint density at radius 1 is 1.56 bits per heavy atom. The molecule has 0 radical (unpaired) electrons. The van der Waals surface area contributed by atoms with E-state index in [0.29, 0.717) is 6.42 Å². The summed E-state index contributed by atoms with van der Waals surface area (Å²) >= 11 is 0. The Morgan fingerprint density at radius 2 is 2.38 bits per heavy atom. The second kappa shape index (κ2) is 7.63. The number of nitrogens with one attached hydrogen (secondary N) is 1. The molecule has 1 amide bonds. The van der Waals surface area contributed by atoms with E-state index in [1.54, 1.807) is 0 Å². The van der Waals surface area contributed by atoms with E-state index in [2.05, 4.69) is 5.32 Å². The molecule has 1 aliphatic heterocycles. The Bertz CT molecular complexity index is 207. The highest BCUT2D eigenvalue weighted by atomic mass is 16.5. The van der Waals surface area contributed by atoms with Crippen LogP contribution in [-0.4, -0.2) is 50.2 Å². The Labute approximate surface area is 98.3 Å². The van der Waals surface area contributed by atoms with Crippen LogP contribution in [0, 0.1) is 0 Å². The average Bonchev–Trinajstić information content (AvgIpc) is 2.30. The van der Waals surface area contributed by atoms with Crippen molar-refractivity contribution < 1.29 is 9.53 Å². The van der Waals surface area contributed by atoms with Gasteiger partial charge in [0, 0.05) is 26.1 Å². The Hall–Kier alpha value is -0.610. The third kappa shape index (κ3) is 4.49. The first-order chi connectivity index (χ1) is 7.77. The molecule has 1 N–H and O–H groups in total. The highest BCUT2D eigenvalue weighted by Gasteiger charge is 2.23. The highest BCUT2D eigenvalue weighted by Crippen LogP contribution is 2.14. The van der Waals surface area contributed by atoms with Crippen LogP contribution in [0.5, 0.6) is 0 Å². The van der Waals surface area contributed by atoms with Crippen LogP contribution >= 0.6 is 0 Å². The molecule has 1 rings (SSSR count). The summed E-state index contributed by atoms with van der Waals surface area (Å²) in [6.07, 6.45) is 3.99. The fourth-order valence-corrected chi connectivity index (χ4v) is 2.11. The molecule has 1 unspecified atom stereocenters. The number of hydrogen-bond donors (Lipinski definition) is 1. The summed E-state index contributed by atoms with van der Waals surface area (Å²) in [5.41, 5.74) is 0. The van der Waals surface area contributed by atoms with E-state index < -0.39 is 0 Å². The van der Waals surface area contributed by atoms with Gasteiger partial charge in [0.2, 0.25) is 5.91 Å². The molecule has 16 heavy (non-hydrogen) atoms. The van der Waals surface area contributed by atoms with Crippen molar-refractivity contribution in [2.45, 2.75) is 38.7 Å². The summed E-state index contributed by atoms with van der Waals surface area (Å²) in [5, 5.41) is 3.06. The summed E-state index contributed by atoms with van der Waals surface area (Å²) in [6, 6.07) is 0. The van der Waals surface area contributed by atoms with Gasteiger partial charge in [0.25, 0.3) is 0 Å². The first kappa shape index (κ1) is 13.5. The number of rotatable bonds is 6. The number of nitrogens with zero attached hydrogens (tertiary/aromatic N) is 1. The number of hydrogen-bond acceptors (Lipinski definition) is 3. The summed E-state index contributed by atoms with van der Waals surface area (Å²) in [7, 11) is 1.91. The first-order valence-electron chi connectivity index (χ1n) is 6.32. The molecule has 1 saturated heterocycles. The average molecular weight is 228 g/mol. The smallest absolute Gasteiger partial charge is 0.222 e. The van der Waals surface area contributed by atoms with Gasteiger partial charge >= 0.3 is 0 Å². The number of amides is 1. The molecule has 1 atom stereocenters. The first-order valence-corrected chi connectivity index (χ1v) is 6.32. The van der Waals surface area contributed by atoms with Crippen molar-refractivity contribution in [3.63, 3.8) is 0 Å². The predicted octanol–water partition coefficient (Wildman–Crippen LogP) is 1.01. The summed E-state index contributed by atoms with van der Waals surface area (Å²) < 4.78 is 5.58. The van der Waals surface area contributed by atoms with Gasteiger partial charge in [0.15, 0.2) is 0 Å². The molecule has 0 aromatic heterocycles. The quantitative estimate of drug-likeness (QED) is 0.690. The number of carbonyl (C=O) groups excluding carboxylic acids is 1. The van der Waals surface area contributed by atoms with Crippen molar-refractivity contribution in [3.8, 4) is 0 Å². The maximum absolute atomic E-state index is 11.9. The van der Waals surface area contributed by atoms with Gasteiger partial charge < -0.3 is 15.0 Å². The van der Waals surface area contributed by atoms with Crippen molar-refractivity contribution in [2.75, 3.05) is 33.3 Å². The zero-order chi connectivity index (χ0) is 11.8. The third-order valence-electron chi connectivity index (χ3n) is 2.95. The zero-order valence-electron chi connectivity index (χ0n) is 10.5. The summed E-state index contributed by atoms with van der Waals surface area (Å²) in [6.45, 7) is 5.35. The molecule has 0 aliphatic carbocycles. The van der Waals surface area contributed by atoms with Crippen molar-refractivity contribution in [1.82, 2.24) is 10.2 Å². The van der Waals surface area contributed by atoms with E-state index in [9.17, 15) is 4.79 Å². The fraction of sp³-hybridized carbons (Fsp3) is 0.917. The van der Waals surface area contributed by atoms with Crippen molar-refractivity contribution in [1.29, 1.82) is 0 Å². The van der Waals surface area contributed by atoms with Crippen molar-refractivity contribution >= 4 is 5.91 Å². The molecule has 0 aromatic carbocycles. The molecule has 4 heteroatoms. The van der Waals surface area contributed by atoms with Crippen LogP contribution in [0.1, 0.15) is 32.6 Å². The molecule has 0 spiro atoms. The second-order valence-corrected chi connectivity index (χ2v) is 4.27. The van der Waals surface area contributed by atoms with E-state index in [4.69, 9.17) is 4.74 Å². The number of likely N-dealkylation sites (tertiary alicyclic amines) is 1. The Morgan fingerprint density at radius 3 is 3.06 bits per heavy atom. The predicted molar refractivity (Wildman–Crippen MR) is 64.4 cm³/mol. The largest absolute Gasteiger partial charge is 0.377 e. The fourth-order valence-electron chi connectivity index (χ4n) is 2.11. The van der Waals surface area contributed by atoms with E-state index in [0.717, 1.165) is 45.5 Å². The van der Waals surface area contributed by atoms with Crippen LogP contribution in [-0.2, 0) is 9.53 Å². The second-order valence-electron chi connectivity index (χ2n) is 4.27. The molecule has 0 saturated carbocycles. The van der Waals surface area contributed by atoms with Gasteiger partial charge in [0.1, 0.15) is 0 Å². The molecule has 4 nitrogen and oxygen atoms in total. The molecular formula is C12H24N2O2. The minimum absolute atomic E-state index is 0.256. The van der Waals surface area contributed by atoms with Crippen molar-refractivity contribution in [3.05, 3.63) is 0 Å². The standard InChI is InChI=1S/C12H24N2O2/c1-3-16-11-6-5-9-14(10-11)12(15)7-4-8-13-2/h11,13H,3-10H2,1-2H3. The summed E-state index contributed by atoms with van der Waals surface area (Å²) in [5.74, 6) is 0.277. The van der Waals surface area contributed by atoms with Crippen LogP contribution in [0.25, 0.3) is 0 Å². The van der Waals surface area contributed by atoms with Crippen LogP contribution < -0.4 is 5.32 Å². The lowest BCUT2D eigenvalue weighted by Gasteiger charge is -2.32. The molecular weight excluding hydrogens is 204 g/mol. The Balaban J connectivity index is 2.26. The molecule has 94 valence electrons. The normalized spacial score (nSPS) is 21.1. The molecule has 1 heterocycles. The van der Waals surface area contributed by atoms with Gasteiger partial charge in [-0.15, -0.1) is 0 Å². The minimum atomic E-state index is 0.256. The van der Waals surface area contributed by atoms with Gasteiger partial charge in [-0.05, 0) is 39.8 Å². The molecule has 1 fully saturated rings. The van der Waals surface area contributed by atoms with Crippen molar-refractivity contribution in [2.24, 2.45) is 0 Å². The van der Waals surface area contributed by atoms with Gasteiger partial charge in [0.05, 0.1) is 6.10 Å². The monoisotopic (exact) mass is 228 g/mol. The number of carbonyl (C=O) groups is 1. The zero-order valence-corrected chi connectivity index (χ0v) is 10.5. The van der Waals surface area contributed by atoms with Crippen LogP contribution in [0.3, 0.4) is 0 Å². The van der Waals surface area contributed by atoms with E-state index in [-0.39, 0.29) is 12.0 Å². The van der Waals surface area contributed by atoms with Gasteiger partial charge in [-0.2, -0.15) is 0 Å². The number of ether oxygens (including phenoxy) is 1. The Kier molecular flexibility index (Phi) is 6.42.